The molecule has 0 aliphatic carbocycles. The molecule has 1 aliphatic rings. The molecule has 2 heterocycles. The van der Waals surface area contributed by atoms with Crippen LogP contribution < -0.4 is 5.32 Å². The lowest BCUT2D eigenvalue weighted by molar-refractivity contribution is -0.142. The molecule has 2 amide bonds. The van der Waals surface area contributed by atoms with E-state index in [0.717, 1.165) is 5.69 Å². The van der Waals surface area contributed by atoms with Crippen LogP contribution in [0.5, 0.6) is 0 Å². The first-order valence-electron chi connectivity index (χ1n) is 6.73. The van der Waals surface area contributed by atoms with Gasteiger partial charge in [-0.05, 0) is 18.1 Å². The quantitative estimate of drug-likeness (QED) is 0.859. The van der Waals surface area contributed by atoms with Gasteiger partial charge in [0.25, 0.3) is 0 Å². The fraction of sp³-hybridized carbons (Fsp3) is 0.500. The van der Waals surface area contributed by atoms with Gasteiger partial charge in [0.05, 0.1) is 5.92 Å². The smallest absolute Gasteiger partial charge is 0.317 e. The second-order valence-electron chi connectivity index (χ2n) is 5.13. The Balaban J connectivity index is 1.77. The van der Waals surface area contributed by atoms with Crippen LogP contribution in [-0.4, -0.2) is 46.6 Å². The lowest BCUT2D eigenvalue weighted by Crippen LogP contribution is -2.39. The Morgan fingerprint density at radius 2 is 2.25 bits per heavy atom. The summed E-state index contributed by atoms with van der Waals surface area (Å²) in [6.45, 7) is 3.14. The molecule has 20 heavy (non-hydrogen) atoms. The average Bonchev–Trinajstić information content (AvgIpc) is 2.82. The van der Waals surface area contributed by atoms with E-state index in [1.165, 1.54) is 0 Å². The molecule has 2 rings (SSSR count). The summed E-state index contributed by atoms with van der Waals surface area (Å²) < 4.78 is 0. The highest BCUT2D eigenvalue weighted by molar-refractivity contribution is 5.77. The molecule has 2 atom stereocenters. The fourth-order valence-electron chi connectivity index (χ4n) is 2.41. The number of rotatable bonds is 4. The van der Waals surface area contributed by atoms with Crippen molar-refractivity contribution in [1.29, 1.82) is 0 Å². The van der Waals surface area contributed by atoms with E-state index in [0.29, 0.717) is 19.5 Å². The topological polar surface area (TPSA) is 82.5 Å². The molecular weight excluding hydrogens is 258 g/mol. The van der Waals surface area contributed by atoms with E-state index in [2.05, 4.69) is 10.3 Å². The van der Waals surface area contributed by atoms with Crippen molar-refractivity contribution in [1.82, 2.24) is 15.2 Å². The maximum absolute atomic E-state index is 12.0. The Labute approximate surface area is 117 Å². The predicted molar refractivity (Wildman–Crippen MR) is 73.2 cm³/mol. The van der Waals surface area contributed by atoms with E-state index in [4.69, 9.17) is 5.11 Å². The Morgan fingerprint density at radius 3 is 2.85 bits per heavy atom. The number of aliphatic carboxylic acids is 1. The molecule has 0 radical (unpaired) electrons. The first kappa shape index (κ1) is 14.3. The second-order valence-corrected chi connectivity index (χ2v) is 5.13. The fourth-order valence-corrected chi connectivity index (χ4v) is 2.41. The standard InChI is InChI=1S/C14H19N3O3/c1-10-8-17(9-12(10)13(18)19)14(20)16-7-5-11-4-2-3-6-15-11/h2-4,6,10,12H,5,7-9H2,1H3,(H,16,20)(H,18,19)/t10-,12-/m1/s1. The van der Waals surface area contributed by atoms with Crippen LogP contribution in [0.25, 0.3) is 0 Å². The van der Waals surface area contributed by atoms with Crippen molar-refractivity contribution in [3.63, 3.8) is 0 Å². The van der Waals surface area contributed by atoms with E-state index in [1.807, 2.05) is 25.1 Å². The lowest BCUT2D eigenvalue weighted by atomic mass is 9.99. The van der Waals surface area contributed by atoms with Gasteiger partial charge in [0.1, 0.15) is 0 Å². The zero-order chi connectivity index (χ0) is 14.5. The number of pyridine rings is 1. The molecule has 6 heteroatoms. The van der Waals surface area contributed by atoms with Crippen molar-refractivity contribution >= 4 is 12.0 Å². The van der Waals surface area contributed by atoms with Crippen LogP contribution in [0.1, 0.15) is 12.6 Å². The van der Waals surface area contributed by atoms with Crippen molar-refractivity contribution in [3.05, 3.63) is 30.1 Å². The molecule has 2 N–H and O–H groups in total. The van der Waals surface area contributed by atoms with Gasteiger partial charge in [-0.1, -0.05) is 13.0 Å². The van der Waals surface area contributed by atoms with E-state index in [9.17, 15) is 9.59 Å². The minimum atomic E-state index is -0.832. The summed E-state index contributed by atoms with van der Waals surface area (Å²) in [4.78, 5) is 28.7. The number of likely N-dealkylation sites (tertiary alicyclic amines) is 1. The molecule has 0 bridgehead atoms. The molecule has 1 aromatic rings. The largest absolute Gasteiger partial charge is 0.481 e. The molecule has 1 fully saturated rings. The summed E-state index contributed by atoms with van der Waals surface area (Å²) in [7, 11) is 0. The average molecular weight is 277 g/mol. The summed E-state index contributed by atoms with van der Waals surface area (Å²) in [5.41, 5.74) is 0.922. The third-order valence-corrected chi connectivity index (χ3v) is 3.60. The monoisotopic (exact) mass is 277 g/mol. The highest BCUT2D eigenvalue weighted by Gasteiger charge is 2.36. The lowest BCUT2D eigenvalue weighted by Gasteiger charge is -2.16. The first-order chi connectivity index (χ1) is 9.58. The van der Waals surface area contributed by atoms with Crippen molar-refractivity contribution in [2.24, 2.45) is 11.8 Å². The van der Waals surface area contributed by atoms with E-state index in [1.54, 1.807) is 11.1 Å². The minimum Gasteiger partial charge on any atom is -0.481 e. The zero-order valence-electron chi connectivity index (χ0n) is 11.5. The number of carboxylic acid groups (broad SMARTS) is 1. The van der Waals surface area contributed by atoms with Gasteiger partial charge in [-0.15, -0.1) is 0 Å². The van der Waals surface area contributed by atoms with Gasteiger partial charge in [-0.25, -0.2) is 4.79 Å². The van der Waals surface area contributed by atoms with Gasteiger partial charge in [0, 0.05) is 37.9 Å². The number of aromatic nitrogens is 1. The number of urea groups is 1. The van der Waals surface area contributed by atoms with Crippen LogP contribution in [0, 0.1) is 11.8 Å². The molecule has 6 nitrogen and oxygen atoms in total. The van der Waals surface area contributed by atoms with Crippen LogP contribution in [0.15, 0.2) is 24.4 Å². The third-order valence-electron chi connectivity index (χ3n) is 3.60. The van der Waals surface area contributed by atoms with Gasteiger partial charge in [0.15, 0.2) is 0 Å². The highest BCUT2D eigenvalue weighted by atomic mass is 16.4. The van der Waals surface area contributed by atoms with E-state index in [-0.39, 0.29) is 18.5 Å². The van der Waals surface area contributed by atoms with Gasteiger partial charge < -0.3 is 15.3 Å². The number of hydrogen-bond acceptors (Lipinski definition) is 3. The predicted octanol–water partition coefficient (Wildman–Crippen LogP) is 0.986. The Morgan fingerprint density at radius 1 is 1.45 bits per heavy atom. The summed E-state index contributed by atoms with van der Waals surface area (Å²) >= 11 is 0. The molecular formula is C14H19N3O3. The maximum Gasteiger partial charge on any atom is 0.317 e. The van der Waals surface area contributed by atoms with Gasteiger partial charge >= 0.3 is 12.0 Å². The Bertz CT molecular complexity index is 478. The van der Waals surface area contributed by atoms with Crippen molar-refractivity contribution in [3.8, 4) is 0 Å². The number of hydrogen-bond donors (Lipinski definition) is 2. The van der Waals surface area contributed by atoms with Crippen molar-refractivity contribution in [2.45, 2.75) is 13.3 Å². The molecule has 0 unspecified atom stereocenters. The van der Waals surface area contributed by atoms with Crippen LogP contribution >= 0.6 is 0 Å². The van der Waals surface area contributed by atoms with E-state index < -0.39 is 11.9 Å². The molecule has 0 spiro atoms. The molecule has 108 valence electrons. The summed E-state index contributed by atoms with van der Waals surface area (Å²) in [6.07, 6.45) is 2.38. The molecule has 1 aromatic heterocycles. The number of amides is 2. The van der Waals surface area contributed by atoms with Gasteiger partial charge in [0.2, 0.25) is 0 Å². The second kappa shape index (κ2) is 6.36. The van der Waals surface area contributed by atoms with E-state index >= 15 is 0 Å². The van der Waals surface area contributed by atoms with Gasteiger partial charge in [-0.3, -0.25) is 9.78 Å². The summed E-state index contributed by atoms with van der Waals surface area (Å²) in [5.74, 6) is -1.30. The number of nitrogens with one attached hydrogen (secondary N) is 1. The number of carbonyl (C=O) groups excluding carboxylic acids is 1. The maximum atomic E-state index is 12.0. The van der Waals surface area contributed by atoms with Gasteiger partial charge in [-0.2, -0.15) is 0 Å². The summed E-state index contributed by atoms with van der Waals surface area (Å²) in [6, 6.07) is 5.46. The van der Waals surface area contributed by atoms with Crippen LogP contribution in [0.3, 0.4) is 0 Å². The minimum absolute atomic E-state index is 0.00552. The van der Waals surface area contributed by atoms with Crippen LogP contribution in [0.4, 0.5) is 4.79 Å². The Hall–Kier alpha value is -2.11. The molecule has 0 saturated carbocycles. The van der Waals surface area contributed by atoms with Crippen molar-refractivity contribution < 1.29 is 14.7 Å². The van der Waals surface area contributed by atoms with Crippen LogP contribution in [0.2, 0.25) is 0 Å². The molecule has 0 aromatic carbocycles. The Kier molecular flexibility index (Phi) is 4.55. The number of nitrogens with zero attached hydrogens (tertiary/aromatic N) is 2. The zero-order valence-corrected chi connectivity index (χ0v) is 11.5. The SMILES string of the molecule is C[C@@H]1CN(C(=O)NCCc2ccccn2)C[C@H]1C(=O)O. The third kappa shape index (κ3) is 3.46. The highest BCUT2D eigenvalue weighted by Crippen LogP contribution is 2.22. The molecule has 1 saturated heterocycles. The normalized spacial score (nSPS) is 21.8. The number of carboxylic acids is 1. The molecule has 1 aliphatic heterocycles. The first-order valence-corrected chi connectivity index (χ1v) is 6.73. The summed E-state index contributed by atoms with van der Waals surface area (Å²) in [5, 5.41) is 11.8. The van der Waals surface area contributed by atoms with Crippen LogP contribution in [-0.2, 0) is 11.2 Å². The number of carbonyl (C=O) groups is 2. The van der Waals surface area contributed by atoms with Crippen molar-refractivity contribution in [2.75, 3.05) is 19.6 Å².